The molecule has 4 aromatic rings. The van der Waals surface area contributed by atoms with Crippen molar-refractivity contribution in [2.45, 2.75) is 12.8 Å². The first-order chi connectivity index (χ1) is 17.0. The average molecular weight is 574 g/mol. The molecule has 1 aliphatic rings. The number of benzene rings is 2. The van der Waals surface area contributed by atoms with Gasteiger partial charge in [0.25, 0.3) is 0 Å². The lowest BCUT2D eigenvalue weighted by Gasteiger charge is -2.33. The highest BCUT2D eigenvalue weighted by atomic mass is 79.9. The number of nitrogens with one attached hydrogen (secondary N) is 2. The van der Waals surface area contributed by atoms with E-state index in [0.717, 1.165) is 46.6 Å². The van der Waals surface area contributed by atoms with Crippen molar-refractivity contribution in [1.82, 2.24) is 19.5 Å². The molecule has 10 heteroatoms. The van der Waals surface area contributed by atoms with Gasteiger partial charge in [-0.3, -0.25) is 0 Å². The Morgan fingerprint density at radius 2 is 1.94 bits per heavy atom. The third kappa shape index (κ3) is 5.39. The molecule has 0 aliphatic carbocycles. The molecule has 0 saturated carbocycles. The van der Waals surface area contributed by atoms with Crippen molar-refractivity contribution in [3.8, 4) is 11.3 Å². The summed E-state index contributed by atoms with van der Waals surface area (Å²) in [4.78, 5) is 19.4. The average Bonchev–Trinajstić information content (AvgIpc) is 3.25. The van der Waals surface area contributed by atoms with E-state index in [2.05, 4.69) is 31.7 Å². The summed E-state index contributed by atoms with van der Waals surface area (Å²) in [7, 11) is 0. The molecule has 1 aliphatic heterocycles. The van der Waals surface area contributed by atoms with Crippen LogP contribution in [0.3, 0.4) is 0 Å². The number of aromatic nitrogens is 3. The van der Waals surface area contributed by atoms with Gasteiger partial charge >= 0.3 is 6.03 Å². The molecule has 3 heterocycles. The van der Waals surface area contributed by atoms with Crippen LogP contribution in [0, 0.1) is 5.92 Å². The summed E-state index contributed by atoms with van der Waals surface area (Å²) < 4.78 is 2.58. The van der Waals surface area contributed by atoms with Crippen molar-refractivity contribution < 1.29 is 4.79 Å². The number of nitrogens with zero attached hydrogens (tertiary/aromatic N) is 4. The summed E-state index contributed by atoms with van der Waals surface area (Å²) in [5.74, 6) is 1.11. The second kappa shape index (κ2) is 10.4. The molecule has 2 amide bonds. The van der Waals surface area contributed by atoms with E-state index in [0.29, 0.717) is 34.7 Å². The molecule has 2 N–H and O–H groups in total. The van der Waals surface area contributed by atoms with E-state index >= 15 is 0 Å². The summed E-state index contributed by atoms with van der Waals surface area (Å²) in [6.07, 6.45) is 3.71. The first-order valence-electron chi connectivity index (χ1n) is 11.3. The molecule has 2 aromatic carbocycles. The first kappa shape index (κ1) is 23.9. The number of hydrogen-bond acceptors (Lipinski definition) is 4. The van der Waals surface area contributed by atoms with E-state index in [1.54, 1.807) is 35.0 Å². The molecular formula is C25H23BrCl2N6O. The Hall–Kier alpha value is -2.81. The lowest BCUT2D eigenvalue weighted by molar-refractivity contribution is 0.180. The smallest absolute Gasteiger partial charge is 0.321 e. The molecule has 1 unspecified atom stereocenters. The highest BCUT2D eigenvalue weighted by Crippen LogP contribution is 2.30. The minimum atomic E-state index is -0.0969. The van der Waals surface area contributed by atoms with Crippen molar-refractivity contribution in [2.75, 3.05) is 30.3 Å². The van der Waals surface area contributed by atoms with E-state index in [4.69, 9.17) is 28.2 Å². The normalized spacial score (nSPS) is 15.9. The Balaban J connectivity index is 1.30. The lowest BCUT2D eigenvalue weighted by Crippen LogP contribution is -2.44. The number of amides is 2. The van der Waals surface area contributed by atoms with Crippen LogP contribution in [-0.4, -0.2) is 45.2 Å². The van der Waals surface area contributed by atoms with Gasteiger partial charge < -0.3 is 15.5 Å². The van der Waals surface area contributed by atoms with Crippen molar-refractivity contribution in [3.63, 3.8) is 0 Å². The molecule has 1 fully saturated rings. The zero-order valence-corrected chi connectivity index (χ0v) is 21.8. The van der Waals surface area contributed by atoms with Gasteiger partial charge in [0.05, 0.1) is 16.4 Å². The van der Waals surface area contributed by atoms with Gasteiger partial charge in [-0.25, -0.2) is 9.78 Å². The third-order valence-corrected chi connectivity index (χ3v) is 7.19. The summed E-state index contributed by atoms with van der Waals surface area (Å²) >= 11 is 15.9. The fourth-order valence-corrected chi connectivity index (χ4v) is 4.98. The van der Waals surface area contributed by atoms with Crippen LogP contribution in [0.2, 0.25) is 10.0 Å². The van der Waals surface area contributed by atoms with Crippen LogP contribution in [0.1, 0.15) is 12.8 Å². The van der Waals surface area contributed by atoms with E-state index in [-0.39, 0.29) is 6.03 Å². The first-order valence-corrected chi connectivity index (χ1v) is 12.9. The highest BCUT2D eigenvalue weighted by molar-refractivity contribution is 9.10. The van der Waals surface area contributed by atoms with Gasteiger partial charge in [-0.2, -0.15) is 9.61 Å². The predicted molar refractivity (Wildman–Crippen MR) is 144 cm³/mol. The van der Waals surface area contributed by atoms with Crippen LogP contribution in [0.5, 0.6) is 0 Å². The Morgan fingerprint density at radius 3 is 2.74 bits per heavy atom. The molecule has 1 atom stereocenters. The van der Waals surface area contributed by atoms with Crippen molar-refractivity contribution in [2.24, 2.45) is 5.92 Å². The van der Waals surface area contributed by atoms with E-state index in [1.807, 2.05) is 35.2 Å². The van der Waals surface area contributed by atoms with Crippen LogP contribution in [0.15, 0.2) is 65.3 Å². The van der Waals surface area contributed by atoms with Crippen molar-refractivity contribution >= 4 is 62.3 Å². The summed E-state index contributed by atoms with van der Waals surface area (Å²) in [5.41, 5.74) is 3.06. The zero-order chi connectivity index (χ0) is 24.4. The molecule has 2 aromatic heterocycles. The maximum Gasteiger partial charge on any atom is 0.321 e. The van der Waals surface area contributed by atoms with Gasteiger partial charge in [-0.05, 0) is 65.0 Å². The molecule has 0 bridgehead atoms. The summed E-state index contributed by atoms with van der Waals surface area (Å²) in [5, 5.41) is 12.2. The monoisotopic (exact) mass is 572 g/mol. The Morgan fingerprint density at radius 1 is 1.14 bits per heavy atom. The number of carbonyl (C=O) groups is 1. The van der Waals surface area contributed by atoms with Crippen LogP contribution in [0.25, 0.3) is 16.9 Å². The van der Waals surface area contributed by atoms with Gasteiger partial charge in [-0.15, -0.1) is 0 Å². The second-order valence-corrected chi connectivity index (χ2v) is 10.2. The minimum absolute atomic E-state index is 0.0969. The Labute approximate surface area is 221 Å². The van der Waals surface area contributed by atoms with Crippen LogP contribution >= 0.6 is 39.1 Å². The fraction of sp³-hybridized carbons (Fsp3) is 0.240. The van der Waals surface area contributed by atoms with Gasteiger partial charge in [0, 0.05) is 47.0 Å². The van der Waals surface area contributed by atoms with Gasteiger partial charge in [0.2, 0.25) is 0 Å². The van der Waals surface area contributed by atoms with Gasteiger partial charge in [0.15, 0.2) is 5.65 Å². The highest BCUT2D eigenvalue weighted by Gasteiger charge is 2.24. The van der Waals surface area contributed by atoms with Gasteiger partial charge in [0.1, 0.15) is 5.82 Å². The van der Waals surface area contributed by atoms with Crippen LogP contribution in [0.4, 0.5) is 16.3 Å². The van der Waals surface area contributed by atoms with Gasteiger partial charge in [-0.1, -0.05) is 41.4 Å². The molecule has 1 saturated heterocycles. The molecule has 35 heavy (non-hydrogen) atoms. The Kier molecular flexibility index (Phi) is 7.13. The maximum absolute atomic E-state index is 12.8. The quantitative estimate of drug-likeness (QED) is 0.275. The molecule has 5 rings (SSSR count). The lowest BCUT2D eigenvalue weighted by atomic mass is 9.98. The van der Waals surface area contributed by atoms with E-state index < -0.39 is 0 Å². The number of urea groups is 1. The number of carbonyl (C=O) groups excluding carboxylic acids is 1. The number of rotatable bonds is 5. The maximum atomic E-state index is 12.8. The van der Waals surface area contributed by atoms with Crippen molar-refractivity contribution in [1.29, 1.82) is 0 Å². The second-order valence-electron chi connectivity index (χ2n) is 8.51. The third-order valence-electron chi connectivity index (χ3n) is 6.05. The number of halogens is 3. The number of likely N-dealkylation sites (tertiary alicyclic amines) is 1. The fourth-order valence-electron chi connectivity index (χ4n) is 4.27. The molecular weight excluding hydrogens is 551 g/mol. The predicted octanol–water partition coefficient (Wildman–Crippen LogP) is 6.82. The number of piperidine rings is 1. The standard InChI is InChI=1S/C25H23BrCl2N6O/c26-20-14-30-34-23(12-22(32-24(20)34)19-5-1-2-6-21(19)28)29-13-16-4-3-11-33(15-16)25(35)31-18-9-7-17(27)8-10-18/h1-2,5-10,12,14,16,29H,3-4,11,13,15H2,(H,31,35). The van der Waals surface area contributed by atoms with Crippen LogP contribution in [-0.2, 0) is 0 Å². The zero-order valence-electron chi connectivity index (χ0n) is 18.7. The minimum Gasteiger partial charge on any atom is -0.370 e. The molecule has 0 radical (unpaired) electrons. The van der Waals surface area contributed by atoms with E-state index in [1.165, 1.54) is 0 Å². The Bertz CT molecular complexity index is 1360. The SMILES string of the molecule is O=C(Nc1ccc(Cl)cc1)N1CCCC(CNc2cc(-c3ccccc3Cl)nc3c(Br)cnn23)C1. The summed E-state index contributed by atoms with van der Waals surface area (Å²) in [6.45, 7) is 2.10. The van der Waals surface area contributed by atoms with E-state index in [9.17, 15) is 4.79 Å². The number of fused-ring (bicyclic) bond motifs is 1. The topological polar surface area (TPSA) is 74.6 Å². The molecule has 180 valence electrons. The number of anilines is 2. The van der Waals surface area contributed by atoms with Crippen LogP contribution < -0.4 is 10.6 Å². The molecule has 7 nitrogen and oxygen atoms in total. The summed E-state index contributed by atoms with van der Waals surface area (Å²) in [6, 6.07) is 16.6. The largest absolute Gasteiger partial charge is 0.370 e. The number of hydrogen-bond donors (Lipinski definition) is 2. The van der Waals surface area contributed by atoms with Crippen molar-refractivity contribution in [3.05, 3.63) is 75.3 Å². The molecule has 0 spiro atoms.